The summed E-state index contributed by atoms with van der Waals surface area (Å²) in [5.74, 6) is -0.485. The second-order valence-corrected chi connectivity index (χ2v) is 8.54. The molecule has 10 heteroatoms. The van der Waals surface area contributed by atoms with Crippen molar-refractivity contribution in [1.82, 2.24) is 14.5 Å². The van der Waals surface area contributed by atoms with E-state index in [0.29, 0.717) is 43.5 Å². The maximum atomic E-state index is 12.4. The SMILES string of the molecule is CC[C@H]1O[C@@H](n2ccc(=O)[nH]c2=O)[C@@H](OCCCCCCN2C(=O)c3ccccc3C2=O)C1O. The number of fused-ring (bicyclic) bond motifs is 1. The van der Waals surface area contributed by atoms with Crippen molar-refractivity contribution in [2.75, 3.05) is 13.2 Å². The van der Waals surface area contributed by atoms with Crippen molar-refractivity contribution in [2.45, 2.75) is 63.6 Å². The van der Waals surface area contributed by atoms with Crippen LogP contribution >= 0.6 is 0 Å². The highest BCUT2D eigenvalue weighted by atomic mass is 16.6. The van der Waals surface area contributed by atoms with Crippen LogP contribution in [0.25, 0.3) is 0 Å². The number of aliphatic hydroxyl groups is 1. The zero-order valence-electron chi connectivity index (χ0n) is 19.0. The molecule has 2 aliphatic rings. The van der Waals surface area contributed by atoms with Gasteiger partial charge in [0.1, 0.15) is 12.2 Å². The van der Waals surface area contributed by atoms with Crippen molar-refractivity contribution in [1.29, 1.82) is 0 Å². The van der Waals surface area contributed by atoms with Crippen molar-refractivity contribution in [3.8, 4) is 0 Å². The first-order valence-electron chi connectivity index (χ1n) is 11.6. The summed E-state index contributed by atoms with van der Waals surface area (Å²) in [6, 6.07) is 8.07. The van der Waals surface area contributed by atoms with Crippen molar-refractivity contribution in [3.05, 3.63) is 68.5 Å². The smallest absolute Gasteiger partial charge is 0.330 e. The first-order valence-corrected chi connectivity index (χ1v) is 11.6. The molecule has 1 fully saturated rings. The summed E-state index contributed by atoms with van der Waals surface area (Å²) >= 11 is 0. The minimum absolute atomic E-state index is 0.242. The van der Waals surface area contributed by atoms with Crippen LogP contribution in [0.1, 0.15) is 66.0 Å². The van der Waals surface area contributed by atoms with E-state index >= 15 is 0 Å². The minimum Gasteiger partial charge on any atom is -0.388 e. The fraction of sp³-hybridized carbons (Fsp3) is 0.500. The maximum absolute atomic E-state index is 12.4. The molecule has 0 bridgehead atoms. The van der Waals surface area contributed by atoms with Crippen molar-refractivity contribution in [2.24, 2.45) is 0 Å². The number of amides is 2. The Morgan fingerprint density at radius 2 is 1.68 bits per heavy atom. The molecule has 10 nitrogen and oxygen atoms in total. The van der Waals surface area contributed by atoms with Gasteiger partial charge in [0.25, 0.3) is 17.4 Å². The average molecular weight is 472 g/mol. The first-order chi connectivity index (χ1) is 16.4. The molecule has 1 aromatic heterocycles. The molecule has 0 saturated carbocycles. The second-order valence-electron chi connectivity index (χ2n) is 8.54. The van der Waals surface area contributed by atoms with Gasteiger partial charge in [0.2, 0.25) is 0 Å². The van der Waals surface area contributed by atoms with E-state index in [1.54, 1.807) is 24.3 Å². The molecule has 1 aromatic carbocycles. The Kier molecular flexibility index (Phi) is 7.40. The molecule has 2 aliphatic heterocycles. The number of unbranched alkanes of at least 4 members (excludes halogenated alkanes) is 3. The van der Waals surface area contributed by atoms with E-state index in [9.17, 15) is 24.3 Å². The van der Waals surface area contributed by atoms with Crippen LogP contribution < -0.4 is 11.2 Å². The van der Waals surface area contributed by atoms with Crippen LogP contribution in [0.15, 0.2) is 46.1 Å². The average Bonchev–Trinajstić information content (AvgIpc) is 3.27. The van der Waals surface area contributed by atoms with E-state index in [1.807, 2.05) is 6.92 Å². The molecule has 182 valence electrons. The van der Waals surface area contributed by atoms with Gasteiger partial charge in [-0.15, -0.1) is 0 Å². The Morgan fingerprint density at radius 1 is 1.00 bits per heavy atom. The highest BCUT2D eigenvalue weighted by Gasteiger charge is 2.45. The summed E-state index contributed by atoms with van der Waals surface area (Å²) in [4.78, 5) is 51.8. The predicted molar refractivity (Wildman–Crippen MR) is 122 cm³/mol. The number of carbonyl (C=O) groups excluding carboxylic acids is 2. The monoisotopic (exact) mass is 471 g/mol. The molecule has 2 amide bonds. The van der Waals surface area contributed by atoms with Crippen molar-refractivity contribution < 1.29 is 24.2 Å². The molecular formula is C24H29N3O7. The lowest BCUT2D eigenvalue weighted by Crippen LogP contribution is -2.39. The first kappa shape index (κ1) is 24.1. The number of aliphatic hydroxyl groups excluding tert-OH is 1. The zero-order valence-corrected chi connectivity index (χ0v) is 19.0. The number of rotatable bonds is 10. The number of H-pyrrole nitrogens is 1. The molecule has 34 heavy (non-hydrogen) atoms. The summed E-state index contributed by atoms with van der Waals surface area (Å²) in [5, 5.41) is 10.6. The van der Waals surface area contributed by atoms with Gasteiger partial charge < -0.3 is 14.6 Å². The normalized spacial score (nSPS) is 24.1. The van der Waals surface area contributed by atoms with E-state index in [2.05, 4.69) is 4.98 Å². The lowest BCUT2D eigenvalue weighted by atomic mass is 10.1. The Hall–Kier alpha value is -3.08. The Balaban J connectivity index is 1.23. The molecule has 2 N–H and O–H groups in total. The summed E-state index contributed by atoms with van der Waals surface area (Å²) in [6.07, 6.45) is 1.94. The van der Waals surface area contributed by atoms with E-state index in [1.165, 1.54) is 21.7 Å². The van der Waals surface area contributed by atoms with Crippen molar-refractivity contribution >= 4 is 11.8 Å². The molecular weight excluding hydrogens is 442 g/mol. The number of benzene rings is 1. The quantitative estimate of drug-likeness (QED) is 0.396. The third-order valence-corrected chi connectivity index (χ3v) is 6.31. The van der Waals surface area contributed by atoms with Gasteiger partial charge in [0, 0.05) is 25.4 Å². The lowest BCUT2D eigenvalue weighted by Gasteiger charge is -2.22. The van der Waals surface area contributed by atoms with Crippen LogP contribution in [-0.4, -0.2) is 62.8 Å². The van der Waals surface area contributed by atoms with Gasteiger partial charge in [-0.05, 0) is 31.4 Å². The number of nitrogens with one attached hydrogen (secondary N) is 1. The fourth-order valence-corrected chi connectivity index (χ4v) is 4.47. The van der Waals surface area contributed by atoms with Crippen LogP contribution in [0.5, 0.6) is 0 Å². The highest BCUT2D eigenvalue weighted by Crippen LogP contribution is 2.32. The van der Waals surface area contributed by atoms with Gasteiger partial charge in [-0.3, -0.25) is 28.8 Å². The number of hydrogen-bond donors (Lipinski definition) is 2. The number of aromatic nitrogens is 2. The number of hydrogen-bond acceptors (Lipinski definition) is 7. The molecule has 3 heterocycles. The molecule has 4 rings (SSSR count). The summed E-state index contributed by atoms with van der Waals surface area (Å²) in [5.41, 5.74) is -0.215. The zero-order chi connectivity index (χ0) is 24.2. The van der Waals surface area contributed by atoms with Gasteiger partial charge in [-0.25, -0.2) is 4.79 Å². The summed E-state index contributed by atoms with van der Waals surface area (Å²) in [7, 11) is 0. The topological polar surface area (TPSA) is 131 Å². The van der Waals surface area contributed by atoms with Gasteiger partial charge in [0.15, 0.2) is 6.23 Å². The number of nitrogens with zero attached hydrogens (tertiary/aromatic N) is 2. The maximum Gasteiger partial charge on any atom is 0.330 e. The number of carbonyl (C=O) groups is 2. The summed E-state index contributed by atoms with van der Waals surface area (Å²) in [6.45, 7) is 2.60. The molecule has 1 saturated heterocycles. The van der Waals surface area contributed by atoms with Crippen LogP contribution in [0.3, 0.4) is 0 Å². The Labute approximate surface area is 196 Å². The van der Waals surface area contributed by atoms with Crippen LogP contribution in [-0.2, 0) is 9.47 Å². The minimum atomic E-state index is -0.900. The van der Waals surface area contributed by atoms with Gasteiger partial charge in [0.05, 0.1) is 17.2 Å². The second kappa shape index (κ2) is 10.5. The Morgan fingerprint density at radius 3 is 2.32 bits per heavy atom. The molecule has 0 radical (unpaired) electrons. The number of imide groups is 1. The largest absolute Gasteiger partial charge is 0.388 e. The highest BCUT2D eigenvalue weighted by molar-refractivity contribution is 6.21. The third-order valence-electron chi connectivity index (χ3n) is 6.31. The van der Waals surface area contributed by atoms with E-state index in [-0.39, 0.29) is 11.8 Å². The van der Waals surface area contributed by atoms with E-state index < -0.39 is 35.8 Å². The molecule has 4 atom stereocenters. The number of ether oxygens (including phenoxy) is 2. The molecule has 2 aromatic rings. The van der Waals surface area contributed by atoms with Crippen molar-refractivity contribution in [3.63, 3.8) is 0 Å². The fourth-order valence-electron chi connectivity index (χ4n) is 4.47. The van der Waals surface area contributed by atoms with Crippen LogP contribution in [0, 0.1) is 0 Å². The van der Waals surface area contributed by atoms with E-state index in [0.717, 1.165) is 12.8 Å². The molecule has 1 unspecified atom stereocenters. The standard InChI is InChI=1S/C24H29N3O7/c1-2-17-19(29)20(23(34-17)27-13-11-18(28)25-24(27)32)33-14-8-4-3-7-12-26-21(30)15-9-5-6-10-16(15)22(26)31/h5-6,9-11,13,17,19-20,23,29H,2-4,7-8,12,14H2,1H3,(H,25,28,32)/t17-,19?,20+,23-/m1/s1. The van der Waals surface area contributed by atoms with E-state index in [4.69, 9.17) is 9.47 Å². The molecule has 0 aliphatic carbocycles. The third kappa shape index (κ3) is 4.75. The Bertz CT molecular complexity index is 1120. The van der Waals surface area contributed by atoms with Crippen LogP contribution in [0.2, 0.25) is 0 Å². The van der Waals surface area contributed by atoms with Gasteiger partial charge in [-0.1, -0.05) is 31.9 Å². The van der Waals surface area contributed by atoms with Gasteiger partial charge >= 0.3 is 5.69 Å². The number of aromatic amines is 1. The summed E-state index contributed by atoms with van der Waals surface area (Å²) < 4.78 is 13.0. The lowest BCUT2D eigenvalue weighted by molar-refractivity contribution is -0.0714. The predicted octanol–water partition coefficient (Wildman–Crippen LogP) is 1.45. The van der Waals surface area contributed by atoms with Gasteiger partial charge in [-0.2, -0.15) is 0 Å². The van der Waals surface area contributed by atoms with Crippen LogP contribution in [0.4, 0.5) is 0 Å². The molecule has 0 spiro atoms.